The molecule has 3 aromatic rings. The number of rotatable bonds is 4. The van der Waals surface area contributed by atoms with Gasteiger partial charge in [-0.1, -0.05) is 0 Å². The first-order valence-corrected chi connectivity index (χ1v) is 7.54. The van der Waals surface area contributed by atoms with Gasteiger partial charge in [0.2, 0.25) is 5.95 Å². The highest BCUT2D eigenvalue weighted by Crippen LogP contribution is 2.34. The highest BCUT2D eigenvalue weighted by molar-refractivity contribution is 5.62. The number of hydrogen-bond acceptors (Lipinski definition) is 7. The van der Waals surface area contributed by atoms with Gasteiger partial charge in [-0.15, -0.1) is 5.10 Å². The highest BCUT2D eigenvalue weighted by Gasteiger charge is 2.35. The molecule has 3 rings (SSSR count). The van der Waals surface area contributed by atoms with Crippen LogP contribution in [0.2, 0.25) is 0 Å². The number of aryl methyl sites for hydroxylation is 1. The third-order valence-electron chi connectivity index (χ3n) is 3.63. The Kier molecular flexibility index (Phi) is 4.45. The van der Waals surface area contributed by atoms with Crippen LogP contribution in [0.5, 0.6) is 0 Å². The molecular formula is C15H15F3N8. The first kappa shape index (κ1) is 17.6. The van der Waals surface area contributed by atoms with Gasteiger partial charge in [0, 0.05) is 19.4 Å². The maximum Gasteiger partial charge on any atom is 0.421 e. The summed E-state index contributed by atoms with van der Waals surface area (Å²) in [5.41, 5.74) is 0.951. The van der Waals surface area contributed by atoms with Crippen LogP contribution < -0.4 is 10.6 Å². The van der Waals surface area contributed by atoms with Gasteiger partial charge in [0.05, 0.1) is 17.1 Å². The van der Waals surface area contributed by atoms with Gasteiger partial charge >= 0.3 is 6.18 Å². The predicted octanol–water partition coefficient (Wildman–Crippen LogP) is 2.87. The van der Waals surface area contributed by atoms with Crippen molar-refractivity contribution in [1.82, 2.24) is 29.9 Å². The summed E-state index contributed by atoms with van der Waals surface area (Å²) in [6.45, 7) is 3.55. The number of halogens is 3. The minimum atomic E-state index is -4.54. The average molecular weight is 364 g/mol. The molecule has 0 bridgehead atoms. The van der Waals surface area contributed by atoms with Crippen LogP contribution in [0.25, 0.3) is 5.82 Å². The van der Waals surface area contributed by atoms with E-state index < -0.39 is 11.7 Å². The Labute approximate surface area is 146 Å². The lowest BCUT2D eigenvalue weighted by molar-refractivity contribution is -0.137. The van der Waals surface area contributed by atoms with Crippen LogP contribution in [0, 0.1) is 13.8 Å². The number of anilines is 3. The maximum atomic E-state index is 12.9. The zero-order valence-electron chi connectivity index (χ0n) is 14.1. The molecule has 2 N–H and O–H groups in total. The van der Waals surface area contributed by atoms with Crippen molar-refractivity contribution in [2.75, 3.05) is 17.7 Å². The van der Waals surface area contributed by atoms with Crippen LogP contribution in [0.1, 0.15) is 17.0 Å². The molecule has 0 amide bonds. The minimum absolute atomic E-state index is 0.0206. The maximum absolute atomic E-state index is 12.9. The Bertz CT molecular complexity index is 921. The van der Waals surface area contributed by atoms with Crippen molar-refractivity contribution >= 4 is 17.5 Å². The molecule has 0 aliphatic heterocycles. The van der Waals surface area contributed by atoms with Gasteiger partial charge in [-0.25, -0.2) is 9.67 Å². The first-order chi connectivity index (χ1) is 12.3. The van der Waals surface area contributed by atoms with E-state index in [2.05, 4.69) is 35.9 Å². The second-order valence-corrected chi connectivity index (χ2v) is 5.37. The summed E-state index contributed by atoms with van der Waals surface area (Å²) in [5.74, 6) is 0.226. The predicted molar refractivity (Wildman–Crippen MR) is 88.5 cm³/mol. The van der Waals surface area contributed by atoms with Crippen LogP contribution >= 0.6 is 0 Å². The summed E-state index contributed by atoms with van der Waals surface area (Å²) < 4.78 is 40.4. The molecule has 0 saturated carbocycles. The molecule has 3 heterocycles. The van der Waals surface area contributed by atoms with E-state index in [4.69, 9.17) is 0 Å². The Hall–Kier alpha value is -3.24. The van der Waals surface area contributed by atoms with Crippen molar-refractivity contribution in [3.8, 4) is 5.82 Å². The molecule has 0 spiro atoms. The van der Waals surface area contributed by atoms with Crippen molar-refractivity contribution < 1.29 is 13.2 Å². The van der Waals surface area contributed by atoms with E-state index in [1.807, 2.05) is 0 Å². The van der Waals surface area contributed by atoms with Crippen LogP contribution in [0.15, 0.2) is 24.5 Å². The van der Waals surface area contributed by atoms with E-state index in [-0.39, 0.29) is 11.8 Å². The molecule has 136 valence electrons. The molecule has 8 nitrogen and oxygen atoms in total. The number of nitrogens with zero attached hydrogens (tertiary/aromatic N) is 6. The molecule has 0 aliphatic carbocycles. The highest BCUT2D eigenvalue weighted by atomic mass is 19.4. The Morgan fingerprint density at radius 2 is 1.96 bits per heavy atom. The fraction of sp³-hybridized carbons (Fsp3) is 0.267. The first-order valence-electron chi connectivity index (χ1n) is 7.54. The molecule has 0 fully saturated rings. The van der Waals surface area contributed by atoms with Crippen molar-refractivity contribution in [3.05, 3.63) is 41.5 Å². The molecule has 26 heavy (non-hydrogen) atoms. The van der Waals surface area contributed by atoms with Gasteiger partial charge in [0.25, 0.3) is 0 Å². The van der Waals surface area contributed by atoms with E-state index in [1.54, 1.807) is 36.9 Å². The SMILES string of the molecule is CNc1nc(Nc2c(C)nn(-c3cccnn3)c2C)ncc1C(F)(F)F. The molecule has 0 aromatic carbocycles. The van der Waals surface area contributed by atoms with Crippen LogP contribution in [-0.4, -0.2) is 37.0 Å². The van der Waals surface area contributed by atoms with Gasteiger partial charge in [-0.05, 0) is 26.0 Å². The molecule has 0 unspecified atom stereocenters. The van der Waals surface area contributed by atoms with Crippen LogP contribution in [-0.2, 0) is 6.18 Å². The fourth-order valence-corrected chi connectivity index (χ4v) is 2.40. The standard InChI is InChI=1S/C15H15F3N8/c1-8-12(9(2)26(25-8)11-5-4-6-21-24-11)22-14-20-7-10(15(16,17)18)13(19-3)23-14/h4-7H,1-3H3,(H2,19,20,22,23). The van der Waals surface area contributed by atoms with E-state index in [1.165, 1.54) is 7.05 Å². The molecule has 0 saturated heterocycles. The smallest absolute Gasteiger partial charge is 0.372 e. The summed E-state index contributed by atoms with van der Waals surface area (Å²) in [7, 11) is 1.37. The summed E-state index contributed by atoms with van der Waals surface area (Å²) in [6.07, 6.45) is -2.26. The van der Waals surface area contributed by atoms with E-state index in [0.717, 1.165) is 6.20 Å². The van der Waals surface area contributed by atoms with Crippen LogP contribution in [0.3, 0.4) is 0 Å². The van der Waals surface area contributed by atoms with Crippen LogP contribution in [0.4, 0.5) is 30.6 Å². The Balaban J connectivity index is 1.96. The molecule has 0 aliphatic rings. The lowest BCUT2D eigenvalue weighted by Gasteiger charge is -2.13. The largest absolute Gasteiger partial charge is 0.421 e. The van der Waals surface area contributed by atoms with Crippen molar-refractivity contribution in [3.63, 3.8) is 0 Å². The molecule has 11 heteroatoms. The molecule has 3 aromatic heterocycles. The lowest BCUT2D eigenvalue weighted by Crippen LogP contribution is -2.12. The lowest BCUT2D eigenvalue weighted by atomic mass is 10.3. The van der Waals surface area contributed by atoms with E-state index in [0.29, 0.717) is 22.9 Å². The van der Waals surface area contributed by atoms with E-state index in [9.17, 15) is 13.2 Å². The number of alkyl halides is 3. The fourth-order valence-electron chi connectivity index (χ4n) is 2.40. The van der Waals surface area contributed by atoms with Crippen molar-refractivity contribution in [2.24, 2.45) is 0 Å². The second-order valence-electron chi connectivity index (χ2n) is 5.37. The molecule has 0 radical (unpaired) electrons. The molecule has 0 atom stereocenters. The topological polar surface area (TPSA) is 93.4 Å². The number of hydrogen-bond donors (Lipinski definition) is 2. The number of aromatic nitrogens is 6. The van der Waals surface area contributed by atoms with Crippen molar-refractivity contribution in [2.45, 2.75) is 20.0 Å². The van der Waals surface area contributed by atoms with Gasteiger partial charge in [-0.2, -0.15) is 28.4 Å². The second kappa shape index (κ2) is 6.58. The van der Waals surface area contributed by atoms with Gasteiger partial charge in [-0.3, -0.25) is 0 Å². The zero-order chi connectivity index (χ0) is 18.9. The third-order valence-corrected chi connectivity index (χ3v) is 3.63. The molecular weight excluding hydrogens is 349 g/mol. The Morgan fingerprint density at radius 1 is 1.19 bits per heavy atom. The summed E-state index contributed by atoms with van der Waals surface area (Å²) in [6, 6.07) is 3.47. The monoisotopic (exact) mass is 364 g/mol. The summed E-state index contributed by atoms with van der Waals surface area (Å²) >= 11 is 0. The average Bonchev–Trinajstić information content (AvgIpc) is 2.89. The van der Waals surface area contributed by atoms with E-state index >= 15 is 0 Å². The zero-order valence-corrected chi connectivity index (χ0v) is 14.1. The normalized spacial score (nSPS) is 11.5. The van der Waals surface area contributed by atoms with Crippen molar-refractivity contribution in [1.29, 1.82) is 0 Å². The summed E-state index contributed by atoms with van der Waals surface area (Å²) in [4.78, 5) is 7.66. The summed E-state index contributed by atoms with van der Waals surface area (Å²) in [5, 5.41) is 17.5. The van der Waals surface area contributed by atoms with Gasteiger partial charge < -0.3 is 10.6 Å². The Morgan fingerprint density at radius 3 is 2.58 bits per heavy atom. The number of nitrogens with one attached hydrogen (secondary N) is 2. The van der Waals surface area contributed by atoms with Gasteiger partial charge in [0.1, 0.15) is 11.4 Å². The quantitative estimate of drug-likeness (QED) is 0.735. The van der Waals surface area contributed by atoms with Gasteiger partial charge in [0.15, 0.2) is 5.82 Å². The minimum Gasteiger partial charge on any atom is -0.372 e. The third kappa shape index (κ3) is 3.27.